The number of para-hydroxylation sites is 1. The third-order valence-corrected chi connectivity index (χ3v) is 6.48. The molecule has 1 aliphatic carbocycles. The van der Waals surface area contributed by atoms with Gasteiger partial charge in [-0.1, -0.05) is 42.5 Å². The fourth-order valence-electron chi connectivity index (χ4n) is 4.57. The van der Waals surface area contributed by atoms with E-state index in [1.54, 1.807) is 0 Å². The molecule has 0 radical (unpaired) electrons. The Kier molecular flexibility index (Phi) is 6.73. The monoisotopic (exact) mass is 434 g/mol. The lowest BCUT2D eigenvalue weighted by Crippen LogP contribution is -2.51. The van der Waals surface area contributed by atoms with Crippen molar-refractivity contribution in [2.24, 2.45) is 5.92 Å². The lowest BCUT2D eigenvalue weighted by atomic mass is 9.93. The Morgan fingerprint density at radius 2 is 1.84 bits per heavy atom. The molecule has 2 aromatic carbocycles. The normalized spacial score (nSPS) is 20.3. The SMILES string of the molecule is N=C(NCC1CCN(C(=O)COc2ccccc2)CC1)NC1(C=O)CCc2ccccc21. The van der Waals surface area contributed by atoms with Crippen LogP contribution in [0.25, 0.3) is 0 Å². The van der Waals surface area contributed by atoms with Crippen molar-refractivity contribution in [1.82, 2.24) is 15.5 Å². The summed E-state index contributed by atoms with van der Waals surface area (Å²) in [6.07, 6.45) is 4.16. The van der Waals surface area contributed by atoms with Crippen molar-refractivity contribution >= 4 is 18.2 Å². The Hall–Kier alpha value is -3.35. The quantitative estimate of drug-likeness (QED) is 0.354. The van der Waals surface area contributed by atoms with Crippen LogP contribution in [0.2, 0.25) is 0 Å². The zero-order valence-electron chi connectivity index (χ0n) is 18.2. The Morgan fingerprint density at radius 1 is 1.12 bits per heavy atom. The standard InChI is InChI=1S/C25H30N4O3/c26-24(28-25(18-30)13-10-20-6-4-5-9-22(20)25)27-16-19-11-14-29(15-12-19)23(31)17-32-21-7-2-1-3-8-21/h1-9,18-19H,10-17H2,(H3,26,27,28). The summed E-state index contributed by atoms with van der Waals surface area (Å²) in [7, 11) is 0. The van der Waals surface area contributed by atoms with Crippen LogP contribution in [0.5, 0.6) is 5.75 Å². The van der Waals surface area contributed by atoms with Crippen molar-refractivity contribution < 1.29 is 14.3 Å². The summed E-state index contributed by atoms with van der Waals surface area (Å²) in [6, 6.07) is 17.3. The number of likely N-dealkylation sites (tertiary alicyclic amines) is 1. The number of piperidine rings is 1. The zero-order valence-corrected chi connectivity index (χ0v) is 18.2. The molecular weight excluding hydrogens is 404 g/mol. The van der Waals surface area contributed by atoms with Gasteiger partial charge in [-0.15, -0.1) is 0 Å². The van der Waals surface area contributed by atoms with Crippen molar-refractivity contribution in [3.8, 4) is 5.75 Å². The molecule has 1 aliphatic heterocycles. The number of carbonyl (C=O) groups is 2. The van der Waals surface area contributed by atoms with Crippen molar-refractivity contribution in [3.05, 3.63) is 65.7 Å². The van der Waals surface area contributed by atoms with Crippen LogP contribution in [-0.2, 0) is 21.5 Å². The number of carbonyl (C=O) groups excluding carboxylic acids is 2. The second kappa shape index (κ2) is 9.85. The number of aryl methyl sites for hydroxylation is 1. The molecule has 1 fully saturated rings. The first-order valence-electron chi connectivity index (χ1n) is 11.2. The molecule has 3 N–H and O–H groups in total. The first-order valence-corrected chi connectivity index (χ1v) is 11.2. The molecule has 1 saturated heterocycles. The van der Waals surface area contributed by atoms with E-state index in [9.17, 15) is 9.59 Å². The molecule has 168 valence electrons. The second-order valence-electron chi connectivity index (χ2n) is 8.55. The fourth-order valence-corrected chi connectivity index (χ4v) is 4.57. The number of benzene rings is 2. The minimum atomic E-state index is -0.824. The van der Waals surface area contributed by atoms with Crippen molar-refractivity contribution in [3.63, 3.8) is 0 Å². The van der Waals surface area contributed by atoms with Crippen molar-refractivity contribution in [1.29, 1.82) is 5.41 Å². The maximum atomic E-state index is 12.4. The van der Waals surface area contributed by atoms with Gasteiger partial charge in [0, 0.05) is 19.6 Å². The molecule has 0 bridgehead atoms. The number of amides is 1. The molecule has 1 heterocycles. The first kappa shape index (κ1) is 21.9. The van der Waals surface area contributed by atoms with Crippen LogP contribution in [0.15, 0.2) is 54.6 Å². The van der Waals surface area contributed by atoms with E-state index < -0.39 is 5.54 Å². The van der Waals surface area contributed by atoms with Crippen LogP contribution in [-0.4, -0.2) is 49.3 Å². The first-order chi connectivity index (χ1) is 15.6. The molecule has 0 aromatic heterocycles. The number of ether oxygens (including phenoxy) is 1. The molecule has 2 aliphatic rings. The largest absolute Gasteiger partial charge is 0.484 e. The molecule has 2 aromatic rings. The Balaban J connectivity index is 1.20. The molecule has 7 nitrogen and oxygen atoms in total. The molecule has 4 rings (SSSR count). The van der Waals surface area contributed by atoms with Gasteiger partial charge in [0.15, 0.2) is 12.6 Å². The van der Waals surface area contributed by atoms with E-state index >= 15 is 0 Å². The maximum absolute atomic E-state index is 12.4. The minimum absolute atomic E-state index is 0.00231. The van der Waals surface area contributed by atoms with Crippen LogP contribution in [0.1, 0.15) is 30.4 Å². The predicted molar refractivity (Wildman–Crippen MR) is 123 cm³/mol. The van der Waals surface area contributed by atoms with Gasteiger partial charge in [0.1, 0.15) is 17.6 Å². The summed E-state index contributed by atoms with van der Waals surface area (Å²) in [6.45, 7) is 2.08. The zero-order chi connectivity index (χ0) is 22.4. The van der Waals surface area contributed by atoms with Gasteiger partial charge in [-0.05, 0) is 54.9 Å². The average Bonchev–Trinajstić information content (AvgIpc) is 3.21. The molecule has 32 heavy (non-hydrogen) atoms. The number of hydrogen-bond donors (Lipinski definition) is 3. The number of fused-ring (bicyclic) bond motifs is 1. The second-order valence-corrected chi connectivity index (χ2v) is 8.55. The van der Waals surface area contributed by atoms with E-state index in [2.05, 4.69) is 10.6 Å². The molecule has 7 heteroatoms. The van der Waals surface area contributed by atoms with Crippen molar-refractivity contribution in [2.45, 2.75) is 31.2 Å². The molecule has 1 atom stereocenters. The topological polar surface area (TPSA) is 94.5 Å². The summed E-state index contributed by atoms with van der Waals surface area (Å²) >= 11 is 0. The molecule has 0 spiro atoms. The van der Waals surface area contributed by atoms with Gasteiger partial charge in [-0.3, -0.25) is 10.2 Å². The van der Waals surface area contributed by atoms with E-state index in [-0.39, 0.29) is 18.5 Å². The molecule has 1 amide bonds. The summed E-state index contributed by atoms with van der Waals surface area (Å²) in [4.78, 5) is 26.2. The van der Waals surface area contributed by atoms with Crippen LogP contribution in [0.3, 0.4) is 0 Å². The number of nitrogens with zero attached hydrogens (tertiary/aromatic N) is 1. The van der Waals surface area contributed by atoms with Gasteiger partial charge in [0.05, 0.1) is 0 Å². The lowest BCUT2D eigenvalue weighted by molar-refractivity contribution is -0.134. The maximum Gasteiger partial charge on any atom is 0.260 e. The number of guanidine groups is 1. The number of hydrogen-bond acceptors (Lipinski definition) is 4. The summed E-state index contributed by atoms with van der Waals surface area (Å²) in [5, 5.41) is 14.6. The third kappa shape index (κ3) is 4.93. The predicted octanol–water partition coefficient (Wildman–Crippen LogP) is 2.46. The van der Waals surface area contributed by atoms with E-state index in [0.29, 0.717) is 37.7 Å². The Labute approximate surface area is 188 Å². The highest BCUT2D eigenvalue weighted by atomic mass is 16.5. The number of nitrogens with one attached hydrogen (secondary N) is 3. The van der Waals surface area contributed by atoms with E-state index in [4.69, 9.17) is 10.1 Å². The summed E-state index contributed by atoms with van der Waals surface area (Å²) < 4.78 is 5.57. The van der Waals surface area contributed by atoms with Crippen LogP contribution in [0, 0.1) is 11.3 Å². The Bertz CT molecular complexity index is 957. The molecular formula is C25H30N4O3. The van der Waals surface area contributed by atoms with Crippen LogP contribution >= 0.6 is 0 Å². The summed E-state index contributed by atoms with van der Waals surface area (Å²) in [5.41, 5.74) is 1.30. The van der Waals surface area contributed by atoms with Gasteiger partial charge in [-0.25, -0.2) is 0 Å². The van der Waals surface area contributed by atoms with Gasteiger partial charge < -0.3 is 25.1 Å². The van der Waals surface area contributed by atoms with Crippen molar-refractivity contribution in [2.75, 3.05) is 26.2 Å². The Morgan fingerprint density at radius 3 is 2.59 bits per heavy atom. The van der Waals surface area contributed by atoms with Gasteiger partial charge in [0.2, 0.25) is 0 Å². The summed E-state index contributed by atoms with van der Waals surface area (Å²) in [5.74, 6) is 1.24. The third-order valence-electron chi connectivity index (χ3n) is 6.48. The average molecular weight is 435 g/mol. The lowest BCUT2D eigenvalue weighted by Gasteiger charge is -2.33. The highest BCUT2D eigenvalue weighted by Gasteiger charge is 2.39. The number of rotatable bonds is 7. The van der Waals surface area contributed by atoms with Gasteiger partial charge in [-0.2, -0.15) is 0 Å². The van der Waals surface area contributed by atoms with Crippen LogP contribution in [0.4, 0.5) is 0 Å². The highest BCUT2D eigenvalue weighted by Crippen LogP contribution is 2.35. The van der Waals surface area contributed by atoms with Gasteiger partial charge >= 0.3 is 0 Å². The smallest absolute Gasteiger partial charge is 0.260 e. The number of aldehydes is 1. The van der Waals surface area contributed by atoms with E-state index in [1.165, 1.54) is 0 Å². The van der Waals surface area contributed by atoms with Gasteiger partial charge in [0.25, 0.3) is 5.91 Å². The highest BCUT2D eigenvalue weighted by molar-refractivity contribution is 5.84. The molecule has 0 saturated carbocycles. The molecule has 1 unspecified atom stereocenters. The van der Waals surface area contributed by atoms with E-state index in [0.717, 1.165) is 36.7 Å². The van der Waals surface area contributed by atoms with Crippen LogP contribution < -0.4 is 15.4 Å². The van der Waals surface area contributed by atoms with E-state index in [1.807, 2.05) is 59.5 Å². The minimum Gasteiger partial charge on any atom is -0.484 e. The fraction of sp³-hybridized carbons (Fsp3) is 0.400.